The van der Waals surface area contributed by atoms with Gasteiger partial charge in [-0.15, -0.1) is 0 Å². The Bertz CT molecular complexity index is 519. The van der Waals surface area contributed by atoms with Crippen LogP contribution in [0.25, 0.3) is 0 Å². The van der Waals surface area contributed by atoms with Gasteiger partial charge >= 0.3 is 0 Å². The van der Waals surface area contributed by atoms with Gasteiger partial charge in [0.25, 0.3) is 5.91 Å². The molecule has 114 valence electrons. The van der Waals surface area contributed by atoms with Gasteiger partial charge in [-0.3, -0.25) is 4.79 Å². The number of ether oxygens (including phenoxy) is 2. The quantitative estimate of drug-likeness (QED) is 0.853. The van der Waals surface area contributed by atoms with Crippen LogP contribution < -0.4 is 0 Å². The fourth-order valence-electron chi connectivity index (χ4n) is 2.69. The SMILES string of the molecule is Cc1ccc(CN(C(=O)C2COCCO2)C2CC2)cc1C. The van der Waals surface area contributed by atoms with Crippen LogP contribution in [0.15, 0.2) is 18.2 Å². The predicted octanol–water partition coefficient (Wildman–Crippen LogP) is 2.21. The molecule has 1 aliphatic heterocycles. The molecule has 1 heterocycles. The molecule has 0 bridgehead atoms. The smallest absolute Gasteiger partial charge is 0.254 e. The minimum Gasteiger partial charge on any atom is -0.376 e. The highest BCUT2D eigenvalue weighted by molar-refractivity contribution is 5.81. The normalized spacial score (nSPS) is 22.1. The third-order valence-electron chi connectivity index (χ3n) is 4.29. The molecule has 0 aromatic heterocycles. The summed E-state index contributed by atoms with van der Waals surface area (Å²) in [7, 11) is 0. The first-order valence-corrected chi connectivity index (χ1v) is 7.71. The highest BCUT2D eigenvalue weighted by Gasteiger charge is 2.37. The van der Waals surface area contributed by atoms with Crippen LogP contribution in [0.4, 0.5) is 0 Å². The molecule has 1 amide bonds. The van der Waals surface area contributed by atoms with E-state index in [0.29, 0.717) is 32.4 Å². The lowest BCUT2D eigenvalue weighted by atomic mass is 10.1. The van der Waals surface area contributed by atoms with Crippen LogP contribution >= 0.6 is 0 Å². The molecule has 0 N–H and O–H groups in total. The second-order valence-electron chi connectivity index (χ2n) is 6.05. The van der Waals surface area contributed by atoms with Gasteiger partial charge in [-0.05, 0) is 43.4 Å². The lowest BCUT2D eigenvalue weighted by molar-refractivity contribution is -0.159. The average Bonchev–Trinajstić information content (AvgIpc) is 3.33. The van der Waals surface area contributed by atoms with Gasteiger partial charge in [-0.2, -0.15) is 0 Å². The first kappa shape index (κ1) is 14.5. The standard InChI is InChI=1S/C17H23NO3/c1-12-3-4-14(9-13(12)2)10-18(15-5-6-15)17(19)16-11-20-7-8-21-16/h3-4,9,15-16H,5-8,10-11H2,1-2H3. The summed E-state index contributed by atoms with van der Waals surface area (Å²) in [5.74, 6) is 0.0791. The Morgan fingerprint density at radius 3 is 2.67 bits per heavy atom. The van der Waals surface area contributed by atoms with Crippen LogP contribution in [-0.4, -0.2) is 42.8 Å². The molecule has 1 saturated carbocycles. The number of hydrogen-bond acceptors (Lipinski definition) is 3. The minimum absolute atomic E-state index is 0.0791. The molecule has 0 spiro atoms. The van der Waals surface area contributed by atoms with E-state index in [1.54, 1.807) is 0 Å². The molecule has 2 aliphatic rings. The maximum atomic E-state index is 12.7. The van der Waals surface area contributed by atoms with Crippen molar-refractivity contribution < 1.29 is 14.3 Å². The summed E-state index contributed by atoms with van der Waals surface area (Å²) in [6.07, 6.45) is 1.78. The van der Waals surface area contributed by atoms with E-state index in [2.05, 4.69) is 32.0 Å². The topological polar surface area (TPSA) is 38.8 Å². The first-order chi connectivity index (χ1) is 10.1. The third kappa shape index (κ3) is 3.44. The monoisotopic (exact) mass is 289 g/mol. The molecule has 0 radical (unpaired) electrons. The largest absolute Gasteiger partial charge is 0.376 e. The molecule has 2 fully saturated rings. The van der Waals surface area contributed by atoms with E-state index in [1.807, 2.05) is 4.90 Å². The second kappa shape index (κ2) is 6.16. The Hall–Kier alpha value is -1.39. The Morgan fingerprint density at radius 1 is 1.24 bits per heavy atom. The van der Waals surface area contributed by atoms with Crippen molar-refractivity contribution >= 4 is 5.91 Å². The zero-order chi connectivity index (χ0) is 14.8. The van der Waals surface area contributed by atoms with Crippen LogP contribution in [-0.2, 0) is 20.8 Å². The van der Waals surface area contributed by atoms with Crippen molar-refractivity contribution in [1.29, 1.82) is 0 Å². The average molecular weight is 289 g/mol. The molecule has 3 rings (SSSR count). The van der Waals surface area contributed by atoms with Gasteiger partial charge in [0.1, 0.15) is 0 Å². The number of carbonyl (C=O) groups is 1. The molecule has 1 unspecified atom stereocenters. The highest BCUT2D eigenvalue weighted by atomic mass is 16.6. The van der Waals surface area contributed by atoms with E-state index in [9.17, 15) is 4.79 Å². The van der Waals surface area contributed by atoms with E-state index < -0.39 is 6.10 Å². The molecular weight excluding hydrogens is 266 g/mol. The Kier molecular flexibility index (Phi) is 4.27. The predicted molar refractivity (Wildman–Crippen MR) is 80.0 cm³/mol. The third-order valence-corrected chi connectivity index (χ3v) is 4.29. The summed E-state index contributed by atoms with van der Waals surface area (Å²) in [4.78, 5) is 14.6. The van der Waals surface area contributed by atoms with Crippen molar-refractivity contribution in [3.05, 3.63) is 34.9 Å². The van der Waals surface area contributed by atoms with E-state index in [1.165, 1.54) is 16.7 Å². The Labute approximate surface area is 126 Å². The molecule has 1 aromatic carbocycles. The van der Waals surface area contributed by atoms with Crippen molar-refractivity contribution in [3.63, 3.8) is 0 Å². The molecule has 4 heteroatoms. The van der Waals surface area contributed by atoms with Crippen molar-refractivity contribution in [3.8, 4) is 0 Å². The number of hydrogen-bond donors (Lipinski definition) is 0. The van der Waals surface area contributed by atoms with Crippen molar-refractivity contribution in [2.24, 2.45) is 0 Å². The van der Waals surface area contributed by atoms with Crippen LogP contribution in [0, 0.1) is 13.8 Å². The van der Waals surface area contributed by atoms with E-state index in [4.69, 9.17) is 9.47 Å². The van der Waals surface area contributed by atoms with Gasteiger partial charge in [0, 0.05) is 12.6 Å². The molecule has 1 atom stereocenters. The molecule has 4 nitrogen and oxygen atoms in total. The number of nitrogens with zero attached hydrogens (tertiary/aromatic N) is 1. The van der Waals surface area contributed by atoms with Gasteiger partial charge in [0.2, 0.25) is 0 Å². The lowest BCUT2D eigenvalue weighted by Gasteiger charge is -2.29. The lowest BCUT2D eigenvalue weighted by Crippen LogP contribution is -2.46. The first-order valence-electron chi connectivity index (χ1n) is 7.71. The molecule has 1 aliphatic carbocycles. The van der Waals surface area contributed by atoms with Gasteiger partial charge in [-0.1, -0.05) is 18.2 Å². The van der Waals surface area contributed by atoms with E-state index >= 15 is 0 Å². The van der Waals surface area contributed by atoms with E-state index in [0.717, 1.165) is 12.8 Å². The number of benzene rings is 1. The molecule has 1 saturated heterocycles. The van der Waals surface area contributed by atoms with Crippen molar-refractivity contribution in [2.75, 3.05) is 19.8 Å². The highest BCUT2D eigenvalue weighted by Crippen LogP contribution is 2.30. The number of carbonyl (C=O) groups excluding carboxylic acids is 1. The van der Waals surface area contributed by atoms with Gasteiger partial charge in [0.15, 0.2) is 6.10 Å². The zero-order valence-electron chi connectivity index (χ0n) is 12.8. The molecule has 21 heavy (non-hydrogen) atoms. The molecular formula is C17H23NO3. The molecule has 1 aromatic rings. The summed E-state index contributed by atoms with van der Waals surface area (Å²) in [6, 6.07) is 6.80. The summed E-state index contributed by atoms with van der Waals surface area (Å²) in [6.45, 7) is 6.37. The zero-order valence-corrected chi connectivity index (χ0v) is 12.8. The Morgan fingerprint density at radius 2 is 2.05 bits per heavy atom. The summed E-state index contributed by atoms with van der Waals surface area (Å²) in [5.41, 5.74) is 3.75. The maximum absolute atomic E-state index is 12.7. The summed E-state index contributed by atoms with van der Waals surface area (Å²) < 4.78 is 10.9. The fourth-order valence-corrected chi connectivity index (χ4v) is 2.69. The number of aryl methyl sites for hydroxylation is 2. The maximum Gasteiger partial charge on any atom is 0.254 e. The number of amides is 1. The fraction of sp³-hybridized carbons (Fsp3) is 0.588. The Balaban J connectivity index is 1.71. The summed E-state index contributed by atoms with van der Waals surface area (Å²) in [5, 5.41) is 0. The van der Waals surface area contributed by atoms with Crippen LogP contribution in [0.3, 0.4) is 0 Å². The number of rotatable bonds is 4. The van der Waals surface area contributed by atoms with Crippen LogP contribution in [0.2, 0.25) is 0 Å². The summed E-state index contributed by atoms with van der Waals surface area (Å²) >= 11 is 0. The van der Waals surface area contributed by atoms with Gasteiger partial charge < -0.3 is 14.4 Å². The van der Waals surface area contributed by atoms with Gasteiger partial charge in [-0.25, -0.2) is 0 Å². The minimum atomic E-state index is -0.425. The second-order valence-corrected chi connectivity index (χ2v) is 6.05. The van der Waals surface area contributed by atoms with Crippen molar-refractivity contribution in [1.82, 2.24) is 4.90 Å². The van der Waals surface area contributed by atoms with Gasteiger partial charge in [0.05, 0.1) is 19.8 Å². The van der Waals surface area contributed by atoms with E-state index in [-0.39, 0.29) is 5.91 Å². The van der Waals surface area contributed by atoms with Crippen LogP contribution in [0.5, 0.6) is 0 Å². The van der Waals surface area contributed by atoms with Crippen LogP contribution in [0.1, 0.15) is 29.5 Å². The van der Waals surface area contributed by atoms with Crippen molar-refractivity contribution in [2.45, 2.75) is 45.4 Å².